The van der Waals surface area contributed by atoms with Gasteiger partial charge in [-0.2, -0.15) is 0 Å². The predicted octanol–water partition coefficient (Wildman–Crippen LogP) is 2.29. The third kappa shape index (κ3) is 4.47. The van der Waals surface area contributed by atoms with Crippen molar-refractivity contribution in [3.05, 3.63) is 29.8 Å². The highest BCUT2D eigenvalue weighted by Gasteiger charge is 2.26. The molecule has 1 N–H and O–H groups in total. The number of rotatable bonds is 6. The lowest BCUT2D eigenvalue weighted by Crippen LogP contribution is -2.49. The summed E-state index contributed by atoms with van der Waals surface area (Å²) in [5.41, 5.74) is 2.47. The maximum atomic E-state index is 12.3. The zero-order valence-electron chi connectivity index (χ0n) is 14.1. The molecular formula is C18H29N3O. The zero-order chi connectivity index (χ0) is 15.9. The standard InChI is InChI=1S/C18H29N3O/c1-4-21-14-6-5-7-17(21)18(22)19-13-12-15-8-10-16(11-9-15)20(2)3/h8-11,17H,4-7,12-14H2,1-3H3,(H,19,22)/t17-/m1/s1. The average molecular weight is 303 g/mol. The molecule has 4 nitrogen and oxygen atoms in total. The highest BCUT2D eigenvalue weighted by Crippen LogP contribution is 2.16. The van der Waals surface area contributed by atoms with Crippen molar-refractivity contribution in [3.8, 4) is 0 Å². The van der Waals surface area contributed by atoms with Crippen LogP contribution in [0.25, 0.3) is 0 Å². The molecule has 1 aliphatic rings. The summed E-state index contributed by atoms with van der Waals surface area (Å²) in [4.78, 5) is 16.7. The number of piperidine rings is 1. The average Bonchev–Trinajstić information content (AvgIpc) is 2.55. The molecule has 0 spiro atoms. The third-order valence-corrected chi connectivity index (χ3v) is 4.49. The molecule has 0 saturated carbocycles. The van der Waals surface area contributed by atoms with E-state index in [1.54, 1.807) is 0 Å². The molecule has 122 valence electrons. The number of benzene rings is 1. The van der Waals surface area contributed by atoms with Gasteiger partial charge >= 0.3 is 0 Å². The normalized spacial score (nSPS) is 19.0. The second-order valence-corrected chi connectivity index (χ2v) is 6.24. The highest BCUT2D eigenvalue weighted by atomic mass is 16.2. The molecule has 0 aromatic heterocycles. The Balaban J connectivity index is 1.78. The Kier molecular flexibility index (Phi) is 6.25. The van der Waals surface area contributed by atoms with Crippen molar-refractivity contribution < 1.29 is 4.79 Å². The molecule has 4 heteroatoms. The van der Waals surface area contributed by atoms with Gasteiger partial charge in [-0.25, -0.2) is 0 Å². The van der Waals surface area contributed by atoms with Crippen LogP contribution in [0.2, 0.25) is 0 Å². The van der Waals surface area contributed by atoms with Crippen LogP contribution >= 0.6 is 0 Å². The maximum absolute atomic E-state index is 12.3. The first-order chi connectivity index (χ1) is 10.6. The summed E-state index contributed by atoms with van der Waals surface area (Å²) in [6.07, 6.45) is 4.27. The van der Waals surface area contributed by atoms with Gasteiger partial charge in [-0.05, 0) is 50.0 Å². The molecule has 0 aliphatic carbocycles. The van der Waals surface area contributed by atoms with Gasteiger partial charge in [-0.3, -0.25) is 9.69 Å². The number of hydrogen-bond donors (Lipinski definition) is 1. The predicted molar refractivity (Wildman–Crippen MR) is 92.4 cm³/mol. The summed E-state index contributed by atoms with van der Waals surface area (Å²) in [5.74, 6) is 0.200. The first-order valence-electron chi connectivity index (χ1n) is 8.40. The van der Waals surface area contributed by atoms with Crippen molar-refractivity contribution in [1.82, 2.24) is 10.2 Å². The topological polar surface area (TPSA) is 35.6 Å². The molecule has 1 amide bonds. The first kappa shape index (κ1) is 16.8. The molecule has 22 heavy (non-hydrogen) atoms. The van der Waals surface area contributed by atoms with Gasteiger partial charge in [0.1, 0.15) is 0 Å². The van der Waals surface area contributed by atoms with E-state index < -0.39 is 0 Å². The van der Waals surface area contributed by atoms with Gasteiger partial charge in [0.05, 0.1) is 6.04 Å². The van der Waals surface area contributed by atoms with Gasteiger partial charge in [0, 0.05) is 26.3 Å². The van der Waals surface area contributed by atoms with Gasteiger partial charge in [-0.15, -0.1) is 0 Å². The van der Waals surface area contributed by atoms with Crippen molar-refractivity contribution in [2.24, 2.45) is 0 Å². The van der Waals surface area contributed by atoms with Crippen molar-refractivity contribution in [3.63, 3.8) is 0 Å². The Morgan fingerprint density at radius 3 is 2.64 bits per heavy atom. The van der Waals surface area contributed by atoms with Crippen LogP contribution in [-0.2, 0) is 11.2 Å². The number of nitrogens with zero attached hydrogens (tertiary/aromatic N) is 2. The lowest BCUT2D eigenvalue weighted by atomic mass is 10.0. The van der Waals surface area contributed by atoms with Crippen molar-refractivity contribution in [2.45, 2.75) is 38.6 Å². The lowest BCUT2D eigenvalue weighted by Gasteiger charge is -2.33. The molecule has 1 heterocycles. The number of likely N-dealkylation sites (N-methyl/N-ethyl adjacent to an activating group) is 1. The summed E-state index contributed by atoms with van der Waals surface area (Å²) < 4.78 is 0. The molecule has 1 atom stereocenters. The molecule has 1 aromatic rings. The molecule has 0 bridgehead atoms. The summed E-state index contributed by atoms with van der Waals surface area (Å²) in [6, 6.07) is 8.60. The fraction of sp³-hybridized carbons (Fsp3) is 0.611. The van der Waals surface area contributed by atoms with E-state index in [0.717, 1.165) is 25.9 Å². The zero-order valence-corrected chi connectivity index (χ0v) is 14.1. The Morgan fingerprint density at radius 2 is 2.00 bits per heavy atom. The number of amides is 1. The monoisotopic (exact) mass is 303 g/mol. The van der Waals surface area contributed by atoms with Crippen LogP contribution in [0.1, 0.15) is 31.7 Å². The molecular weight excluding hydrogens is 274 g/mol. The van der Waals surface area contributed by atoms with E-state index in [1.807, 2.05) is 14.1 Å². The van der Waals surface area contributed by atoms with Crippen LogP contribution in [0.3, 0.4) is 0 Å². The minimum atomic E-state index is 0.0786. The van der Waals surface area contributed by atoms with Gasteiger partial charge in [0.25, 0.3) is 0 Å². The van der Waals surface area contributed by atoms with E-state index in [1.165, 1.54) is 24.1 Å². The molecule has 1 fully saturated rings. The number of carbonyl (C=O) groups is 1. The Morgan fingerprint density at radius 1 is 1.27 bits per heavy atom. The smallest absolute Gasteiger partial charge is 0.237 e. The van der Waals surface area contributed by atoms with Crippen LogP contribution in [0.15, 0.2) is 24.3 Å². The summed E-state index contributed by atoms with van der Waals surface area (Å²) in [7, 11) is 4.08. The van der Waals surface area contributed by atoms with Crippen LogP contribution in [0, 0.1) is 0 Å². The van der Waals surface area contributed by atoms with E-state index in [-0.39, 0.29) is 11.9 Å². The first-order valence-corrected chi connectivity index (χ1v) is 8.40. The van der Waals surface area contributed by atoms with Gasteiger partial charge in [-0.1, -0.05) is 25.5 Å². The van der Waals surface area contributed by atoms with Gasteiger partial charge in [0.15, 0.2) is 0 Å². The van der Waals surface area contributed by atoms with E-state index in [0.29, 0.717) is 6.54 Å². The molecule has 0 unspecified atom stereocenters. The van der Waals surface area contributed by atoms with Crippen LogP contribution < -0.4 is 10.2 Å². The minimum absolute atomic E-state index is 0.0786. The molecule has 1 saturated heterocycles. The van der Waals surface area contributed by atoms with Crippen LogP contribution in [0.4, 0.5) is 5.69 Å². The molecule has 1 aromatic carbocycles. The fourth-order valence-corrected chi connectivity index (χ4v) is 3.08. The van der Waals surface area contributed by atoms with Crippen molar-refractivity contribution in [2.75, 3.05) is 38.6 Å². The Hall–Kier alpha value is -1.55. The van der Waals surface area contributed by atoms with E-state index in [9.17, 15) is 4.79 Å². The molecule has 2 rings (SSSR count). The highest BCUT2D eigenvalue weighted by molar-refractivity contribution is 5.81. The summed E-state index contributed by atoms with van der Waals surface area (Å²) in [5, 5.41) is 3.11. The van der Waals surface area contributed by atoms with Crippen molar-refractivity contribution >= 4 is 11.6 Å². The SMILES string of the molecule is CCN1CCCC[C@@H]1C(=O)NCCc1ccc(N(C)C)cc1. The Bertz CT molecular complexity index is 470. The largest absolute Gasteiger partial charge is 0.378 e. The van der Waals surface area contributed by atoms with E-state index in [2.05, 4.69) is 46.3 Å². The number of likely N-dealkylation sites (tertiary alicyclic amines) is 1. The maximum Gasteiger partial charge on any atom is 0.237 e. The summed E-state index contributed by atoms with van der Waals surface area (Å²) >= 11 is 0. The van der Waals surface area contributed by atoms with E-state index >= 15 is 0 Å². The second-order valence-electron chi connectivity index (χ2n) is 6.24. The van der Waals surface area contributed by atoms with Gasteiger partial charge in [0.2, 0.25) is 5.91 Å². The summed E-state index contributed by atoms with van der Waals surface area (Å²) in [6.45, 7) is 4.87. The Labute approximate surface area is 134 Å². The number of hydrogen-bond acceptors (Lipinski definition) is 3. The van der Waals surface area contributed by atoms with Gasteiger partial charge < -0.3 is 10.2 Å². The van der Waals surface area contributed by atoms with E-state index in [4.69, 9.17) is 0 Å². The van der Waals surface area contributed by atoms with Crippen LogP contribution in [-0.4, -0.2) is 50.6 Å². The number of nitrogens with one attached hydrogen (secondary N) is 1. The second kappa shape index (κ2) is 8.18. The molecule has 1 aliphatic heterocycles. The number of anilines is 1. The minimum Gasteiger partial charge on any atom is -0.378 e. The molecule has 0 radical (unpaired) electrons. The van der Waals surface area contributed by atoms with Crippen LogP contribution in [0.5, 0.6) is 0 Å². The fourth-order valence-electron chi connectivity index (χ4n) is 3.08. The quantitative estimate of drug-likeness (QED) is 0.876. The number of carbonyl (C=O) groups excluding carboxylic acids is 1. The lowest BCUT2D eigenvalue weighted by molar-refractivity contribution is -0.127. The van der Waals surface area contributed by atoms with Crippen molar-refractivity contribution in [1.29, 1.82) is 0 Å². The third-order valence-electron chi connectivity index (χ3n) is 4.49.